The van der Waals surface area contributed by atoms with Crippen molar-refractivity contribution in [1.82, 2.24) is 0 Å². The van der Waals surface area contributed by atoms with Gasteiger partial charge >= 0.3 is 0 Å². The molecule has 0 fully saturated rings. The van der Waals surface area contributed by atoms with Gasteiger partial charge in [-0.1, -0.05) is 30.3 Å². The van der Waals surface area contributed by atoms with Crippen molar-refractivity contribution in [3.05, 3.63) is 35.9 Å². The number of benzene rings is 1. The summed E-state index contributed by atoms with van der Waals surface area (Å²) in [5.41, 5.74) is -0.164. The van der Waals surface area contributed by atoms with E-state index in [1.165, 1.54) is 0 Å². The standard InChI is InChI=1S/C11H16O3/c1-2-14-11(8-12,9-13)10-6-4-3-5-7-10/h3-7,12-13H,2,8-9H2,1H3. The van der Waals surface area contributed by atoms with Crippen LogP contribution in [0.3, 0.4) is 0 Å². The summed E-state index contributed by atoms with van der Waals surface area (Å²) in [5, 5.41) is 18.6. The van der Waals surface area contributed by atoms with Crippen molar-refractivity contribution in [2.45, 2.75) is 12.5 Å². The molecular weight excluding hydrogens is 180 g/mol. The molecule has 1 aromatic rings. The number of hydrogen-bond donors (Lipinski definition) is 2. The zero-order chi connectivity index (χ0) is 10.4. The lowest BCUT2D eigenvalue weighted by molar-refractivity contribution is -0.110. The lowest BCUT2D eigenvalue weighted by atomic mass is 9.95. The number of hydrogen-bond acceptors (Lipinski definition) is 3. The van der Waals surface area contributed by atoms with Crippen molar-refractivity contribution in [1.29, 1.82) is 0 Å². The van der Waals surface area contributed by atoms with E-state index in [2.05, 4.69) is 0 Å². The van der Waals surface area contributed by atoms with Crippen LogP contribution in [0.15, 0.2) is 30.3 Å². The Kier molecular flexibility index (Phi) is 4.07. The maximum atomic E-state index is 9.28. The number of ether oxygens (including phenoxy) is 1. The molecular formula is C11H16O3. The second-order valence-electron chi connectivity index (χ2n) is 3.11. The molecule has 1 rings (SSSR count). The fraction of sp³-hybridized carbons (Fsp3) is 0.455. The Morgan fingerprint density at radius 1 is 1.14 bits per heavy atom. The molecule has 0 spiro atoms. The summed E-state index contributed by atoms with van der Waals surface area (Å²) in [6.45, 7) is 1.85. The van der Waals surface area contributed by atoms with Gasteiger partial charge in [0.1, 0.15) is 5.60 Å². The molecule has 3 nitrogen and oxygen atoms in total. The minimum absolute atomic E-state index is 0.221. The van der Waals surface area contributed by atoms with Crippen LogP contribution in [0.4, 0.5) is 0 Å². The molecule has 0 aliphatic rings. The quantitative estimate of drug-likeness (QED) is 0.735. The molecule has 0 saturated heterocycles. The van der Waals surface area contributed by atoms with Gasteiger partial charge in [0.05, 0.1) is 13.2 Å². The van der Waals surface area contributed by atoms with E-state index in [9.17, 15) is 10.2 Å². The molecule has 14 heavy (non-hydrogen) atoms. The molecule has 0 atom stereocenters. The van der Waals surface area contributed by atoms with Crippen molar-refractivity contribution >= 4 is 0 Å². The average molecular weight is 196 g/mol. The van der Waals surface area contributed by atoms with E-state index in [1.54, 1.807) is 0 Å². The molecule has 0 saturated carbocycles. The second kappa shape index (κ2) is 5.10. The van der Waals surface area contributed by atoms with Gasteiger partial charge < -0.3 is 14.9 Å². The van der Waals surface area contributed by atoms with Crippen LogP contribution in [0.1, 0.15) is 12.5 Å². The molecule has 0 unspecified atom stereocenters. The lowest BCUT2D eigenvalue weighted by Gasteiger charge is -2.30. The number of aliphatic hydroxyl groups excluding tert-OH is 2. The summed E-state index contributed by atoms with van der Waals surface area (Å²) in [4.78, 5) is 0. The maximum Gasteiger partial charge on any atom is 0.139 e. The van der Waals surface area contributed by atoms with E-state index in [1.807, 2.05) is 37.3 Å². The van der Waals surface area contributed by atoms with Gasteiger partial charge in [-0.3, -0.25) is 0 Å². The summed E-state index contributed by atoms with van der Waals surface area (Å²) < 4.78 is 5.41. The summed E-state index contributed by atoms with van der Waals surface area (Å²) in [5.74, 6) is 0. The SMILES string of the molecule is CCOC(CO)(CO)c1ccccc1. The van der Waals surface area contributed by atoms with E-state index in [0.717, 1.165) is 5.56 Å². The largest absolute Gasteiger partial charge is 0.393 e. The van der Waals surface area contributed by atoms with Gasteiger partial charge in [-0.2, -0.15) is 0 Å². The van der Waals surface area contributed by atoms with Crippen molar-refractivity contribution in [3.8, 4) is 0 Å². The van der Waals surface area contributed by atoms with E-state index >= 15 is 0 Å². The number of rotatable bonds is 5. The van der Waals surface area contributed by atoms with Gasteiger partial charge in [0.2, 0.25) is 0 Å². The van der Waals surface area contributed by atoms with Crippen LogP contribution in [0.25, 0.3) is 0 Å². The monoisotopic (exact) mass is 196 g/mol. The predicted octanol–water partition coefficient (Wildman–Crippen LogP) is 0.903. The van der Waals surface area contributed by atoms with Crippen molar-refractivity contribution in [2.75, 3.05) is 19.8 Å². The van der Waals surface area contributed by atoms with Crippen LogP contribution in [0.5, 0.6) is 0 Å². The Morgan fingerprint density at radius 3 is 2.14 bits per heavy atom. The minimum Gasteiger partial charge on any atom is -0.393 e. The fourth-order valence-corrected chi connectivity index (χ4v) is 1.43. The Bertz CT molecular complexity index is 254. The third-order valence-corrected chi connectivity index (χ3v) is 2.23. The van der Waals surface area contributed by atoms with E-state index in [4.69, 9.17) is 4.74 Å². The Balaban J connectivity index is 2.98. The predicted molar refractivity (Wildman–Crippen MR) is 53.9 cm³/mol. The van der Waals surface area contributed by atoms with Crippen molar-refractivity contribution in [2.24, 2.45) is 0 Å². The molecule has 78 valence electrons. The molecule has 3 heteroatoms. The van der Waals surface area contributed by atoms with Gasteiger partial charge in [0.25, 0.3) is 0 Å². The highest BCUT2D eigenvalue weighted by Gasteiger charge is 2.31. The zero-order valence-corrected chi connectivity index (χ0v) is 8.31. The highest BCUT2D eigenvalue weighted by atomic mass is 16.5. The molecule has 0 aliphatic heterocycles. The molecule has 2 N–H and O–H groups in total. The second-order valence-corrected chi connectivity index (χ2v) is 3.11. The van der Waals surface area contributed by atoms with Gasteiger partial charge in [0.15, 0.2) is 0 Å². The first kappa shape index (κ1) is 11.2. The number of aliphatic hydroxyl groups is 2. The van der Waals surface area contributed by atoms with Crippen LogP contribution in [0.2, 0.25) is 0 Å². The fourth-order valence-electron chi connectivity index (χ4n) is 1.43. The third kappa shape index (κ3) is 2.12. The zero-order valence-electron chi connectivity index (χ0n) is 8.31. The van der Waals surface area contributed by atoms with Gasteiger partial charge in [-0.15, -0.1) is 0 Å². The first-order chi connectivity index (χ1) is 6.79. The first-order valence-electron chi connectivity index (χ1n) is 4.70. The van der Waals surface area contributed by atoms with Crippen LogP contribution < -0.4 is 0 Å². The van der Waals surface area contributed by atoms with E-state index in [-0.39, 0.29) is 13.2 Å². The van der Waals surface area contributed by atoms with Gasteiger partial charge in [0, 0.05) is 6.61 Å². The van der Waals surface area contributed by atoms with Gasteiger partial charge in [-0.25, -0.2) is 0 Å². The molecule has 0 heterocycles. The molecule has 0 radical (unpaired) electrons. The Hall–Kier alpha value is -0.900. The smallest absolute Gasteiger partial charge is 0.139 e. The van der Waals surface area contributed by atoms with Crippen molar-refractivity contribution < 1.29 is 14.9 Å². The summed E-state index contributed by atoms with van der Waals surface area (Å²) in [7, 11) is 0. The summed E-state index contributed by atoms with van der Waals surface area (Å²) >= 11 is 0. The van der Waals surface area contributed by atoms with Crippen LogP contribution in [-0.2, 0) is 10.3 Å². The molecule has 0 aliphatic carbocycles. The Labute approximate surface area is 84.0 Å². The van der Waals surface area contributed by atoms with Crippen LogP contribution in [0, 0.1) is 0 Å². The summed E-state index contributed by atoms with van der Waals surface area (Å²) in [6, 6.07) is 9.27. The average Bonchev–Trinajstić information content (AvgIpc) is 2.27. The molecule has 1 aromatic carbocycles. The summed E-state index contributed by atoms with van der Waals surface area (Å²) in [6.07, 6.45) is 0. The maximum absolute atomic E-state index is 9.28. The first-order valence-corrected chi connectivity index (χ1v) is 4.70. The molecule has 0 amide bonds. The highest BCUT2D eigenvalue weighted by Crippen LogP contribution is 2.24. The Morgan fingerprint density at radius 2 is 1.71 bits per heavy atom. The van der Waals surface area contributed by atoms with Gasteiger partial charge in [-0.05, 0) is 12.5 Å². The van der Waals surface area contributed by atoms with Crippen LogP contribution >= 0.6 is 0 Å². The molecule has 0 bridgehead atoms. The lowest BCUT2D eigenvalue weighted by Crippen LogP contribution is -2.37. The highest BCUT2D eigenvalue weighted by molar-refractivity contribution is 5.22. The third-order valence-electron chi connectivity index (χ3n) is 2.23. The normalized spacial score (nSPS) is 11.6. The minimum atomic E-state index is -0.962. The van der Waals surface area contributed by atoms with Crippen LogP contribution in [-0.4, -0.2) is 30.0 Å². The van der Waals surface area contributed by atoms with Crippen molar-refractivity contribution in [3.63, 3.8) is 0 Å². The topological polar surface area (TPSA) is 49.7 Å². The molecule has 0 aromatic heterocycles. The van der Waals surface area contributed by atoms with E-state index < -0.39 is 5.60 Å². The van der Waals surface area contributed by atoms with E-state index in [0.29, 0.717) is 6.61 Å².